The Morgan fingerprint density at radius 1 is 1.22 bits per heavy atom. The molecule has 0 aliphatic carbocycles. The number of hydrogen-bond acceptors (Lipinski definition) is 3. The molecule has 9 heavy (non-hydrogen) atoms. The highest BCUT2D eigenvalue weighted by Crippen LogP contribution is 1.66. The topological polar surface area (TPSA) is 94.8 Å². The van der Waals surface area contributed by atoms with Crippen LogP contribution in [0.3, 0.4) is 0 Å². The van der Waals surface area contributed by atoms with Crippen molar-refractivity contribution in [3.8, 4) is 0 Å². The van der Waals surface area contributed by atoms with E-state index in [0.717, 1.165) is 0 Å². The monoisotopic (exact) mass is 176 g/mol. The van der Waals surface area contributed by atoms with Crippen molar-refractivity contribution >= 4 is 17.4 Å². The summed E-state index contributed by atoms with van der Waals surface area (Å²) in [5.41, 5.74) is 0. The van der Waals surface area contributed by atoms with E-state index in [9.17, 15) is 0 Å². The Labute approximate surface area is 55.9 Å². The highest BCUT2D eigenvalue weighted by Gasteiger charge is 1.45. The minimum absolute atomic E-state index is 0.250. The summed E-state index contributed by atoms with van der Waals surface area (Å²) >= 11 is 0. The molecule has 0 saturated heterocycles. The third kappa shape index (κ3) is 46700. The lowest BCUT2D eigenvalue weighted by Crippen LogP contribution is -1.57. The highest BCUT2D eigenvalue weighted by atomic mass is 31.1. The van der Waals surface area contributed by atoms with Gasteiger partial charge in [-0.3, -0.25) is 0 Å². The van der Waals surface area contributed by atoms with Crippen LogP contribution >= 0.6 is 17.4 Å². The van der Waals surface area contributed by atoms with E-state index >= 15 is 0 Å². The summed E-state index contributed by atoms with van der Waals surface area (Å²) in [5, 5.41) is 7.57. The summed E-state index contributed by atoms with van der Waals surface area (Å²) in [6, 6.07) is 0. The minimum atomic E-state index is -1.17. The molecule has 0 rings (SSSR count). The molecule has 0 aromatic heterocycles. The normalized spacial score (nSPS) is 6.67. The third-order valence-corrected chi connectivity index (χ3v) is 0. The van der Waals surface area contributed by atoms with Gasteiger partial charge >= 0.3 is 17.4 Å². The minimum Gasteiger partial charge on any atom is -0.397 e. The predicted octanol–water partition coefficient (Wildman–Crippen LogP) is -0.166. The molecule has 0 bridgehead atoms. The average molecular weight is 176 g/mol. The van der Waals surface area contributed by atoms with Gasteiger partial charge in [0, 0.05) is 6.61 Å². The van der Waals surface area contributed by atoms with Crippen molar-refractivity contribution < 1.29 is 24.0 Å². The van der Waals surface area contributed by atoms with Crippen LogP contribution < -0.4 is 0 Å². The second kappa shape index (κ2) is 42.7. The van der Waals surface area contributed by atoms with Crippen LogP contribution in [0.1, 0.15) is 6.92 Å². The first kappa shape index (κ1) is 16.0. The molecule has 3 N–H and O–H groups in total. The highest BCUT2D eigenvalue weighted by molar-refractivity contribution is 7.16. The van der Waals surface area contributed by atoms with Crippen molar-refractivity contribution in [1.29, 1.82) is 0 Å². The maximum absolute atomic E-state index is 8.51. The molecule has 0 saturated carbocycles. The third-order valence-electron chi connectivity index (χ3n) is 0. The van der Waals surface area contributed by atoms with Gasteiger partial charge < -0.3 is 5.11 Å². The molecule has 7 heteroatoms. The summed E-state index contributed by atoms with van der Waals surface area (Å²) in [6.45, 7) is 1.93. The van der Waals surface area contributed by atoms with E-state index in [1.54, 1.807) is 6.92 Å². The fourth-order valence-corrected chi connectivity index (χ4v) is 0. The molecule has 5 nitrogen and oxygen atoms in total. The molecule has 0 heterocycles. The molecular formula is C2H10O5P2+2. The fourth-order valence-electron chi connectivity index (χ4n) is 0. The van der Waals surface area contributed by atoms with Gasteiger partial charge in [-0.05, 0) is 16.1 Å². The summed E-state index contributed by atoms with van der Waals surface area (Å²) in [4.78, 5) is 14.1. The maximum atomic E-state index is 8.51. The molecule has 2 atom stereocenters. The van der Waals surface area contributed by atoms with Crippen LogP contribution in [0.5, 0.6) is 0 Å². The van der Waals surface area contributed by atoms with Crippen LogP contribution in [0.2, 0.25) is 0 Å². The van der Waals surface area contributed by atoms with Gasteiger partial charge in [0.25, 0.3) is 0 Å². The zero-order chi connectivity index (χ0) is 8.12. The van der Waals surface area contributed by atoms with E-state index in [2.05, 4.69) is 0 Å². The molecule has 56 valence electrons. The standard InChI is InChI=1S/C2H6O.2HO2P/c1-2-3;2*1-3-2/h3H,2H2,1H3;2*3H/p+2. The lowest BCUT2D eigenvalue weighted by Gasteiger charge is -1.52. The predicted molar refractivity (Wildman–Crippen MR) is 35.2 cm³/mol. The van der Waals surface area contributed by atoms with E-state index < -0.39 is 17.4 Å². The number of rotatable bonds is 0. The first-order chi connectivity index (χ1) is 4.24. The molecule has 2 unspecified atom stereocenters. The number of aliphatic hydroxyl groups excluding tert-OH is 1. The molecule has 0 aromatic rings. The molecule has 0 spiro atoms. The van der Waals surface area contributed by atoms with Crippen LogP contribution in [0.4, 0.5) is 0 Å². The molecule has 0 aliphatic heterocycles. The van der Waals surface area contributed by atoms with Crippen molar-refractivity contribution in [2.45, 2.75) is 6.92 Å². The number of aliphatic hydroxyl groups is 1. The second-order valence-corrected chi connectivity index (χ2v) is 0.864. The van der Waals surface area contributed by atoms with Gasteiger partial charge in [-0.2, -0.15) is 9.79 Å². The Hall–Kier alpha value is 0.0800. The van der Waals surface area contributed by atoms with E-state index in [0.29, 0.717) is 0 Å². The van der Waals surface area contributed by atoms with E-state index in [-0.39, 0.29) is 6.61 Å². The SMILES string of the molecule is CCO.O=[PH+]O.O=[PH+]O. The van der Waals surface area contributed by atoms with Crippen LogP contribution in [-0.2, 0) is 9.13 Å². The van der Waals surface area contributed by atoms with Crippen molar-refractivity contribution in [3.63, 3.8) is 0 Å². The van der Waals surface area contributed by atoms with Crippen molar-refractivity contribution in [2.24, 2.45) is 0 Å². The maximum Gasteiger partial charge on any atom is 0.491 e. The Bertz CT molecular complexity index is 42.2. The Morgan fingerprint density at radius 2 is 1.22 bits per heavy atom. The van der Waals surface area contributed by atoms with Gasteiger partial charge in [-0.15, -0.1) is 0 Å². The summed E-state index contributed by atoms with van der Waals surface area (Å²) in [6.07, 6.45) is 0. The molecule has 0 amide bonds. The van der Waals surface area contributed by atoms with Crippen molar-refractivity contribution in [3.05, 3.63) is 0 Å². The first-order valence-electron chi connectivity index (χ1n) is 1.88. The molecule has 0 radical (unpaired) electrons. The van der Waals surface area contributed by atoms with E-state index in [1.165, 1.54) is 0 Å². The zero-order valence-corrected chi connectivity index (χ0v) is 6.87. The second-order valence-electron chi connectivity index (χ2n) is 0.499. The van der Waals surface area contributed by atoms with E-state index in [1.807, 2.05) is 0 Å². The Balaban J connectivity index is -0.0000000600. The first-order valence-corrected chi connectivity index (χ1v) is 3.59. The lowest BCUT2D eigenvalue weighted by atomic mass is 10.9. The van der Waals surface area contributed by atoms with Crippen molar-refractivity contribution in [1.82, 2.24) is 0 Å². The van der Waals surface area contributed by atoms with Gasteiger partial charge in [0.1, 0.15) is 0 Å². The average Bonchev–Trinajstić information content (AvgIpc) is 1.70. The quantitative estimate of drug-likeness (QED) is 0.445. The Kier molecular flexibility index (Phi) is 76.1. The van der Waals surface area contributed by atoms with Crippen LogP contribution in [-0.4, -0.2) is 21.5 Å². The molecule has 0 aliphatic rings. The fraction of sp³-hybridized carbons (Fsp3) is 1.00. The lowest BCUT2D eigenvalue weighted by molar-refractivity contribution is 0.318. The molecular weight excluding hydrogens is 166 g/mol. The van der Waals surface area contributed by atoms with Gasteiger partial charge in [-0.1, -0.05) is 0 Å². The van der Waals surface area contributed by atoms with Gasteiger partial charge in [-0.25, -0.2) is 0 Å². The van der Waals surface area contributed by atoms with Crippen LogP contribution in [0.25, 0.3) is 0 Å². The van der Waals surface area contributed by atoms with Gasteiger partial charge in [0.2, 0.25) is 0 Å². The summed E-state index contributed by atoms with van der Waals surface area (Å²) in [5.74, 6) is 0. The smallest absolute Gasteiger partial charge is 0.397 e. The van der Waals surface area contributed by atoms with Crippen LogP contribution in [0, 0.1) is 0 Å². The number of hydrogen-bond donors (Lipinski definition) is 3. The Morgan fingerprint density at radius 3 is 1.22 bits per heavy atom. The van der Waals surface area contributed by atoms with E-state index in [4.69, 9.17) is 24.0 Å². The molecule has 0 aromatic carbocycles. The van der Waals surface area contributed by atoms with Crippen molar-refractivity contribution in [2.75, 3.05) is 6.61 Å². The van der Waals surface area contributed by atoms with Crippen LogP contribution in [0.15, 0.2) is 0 Å². The summed E-state index contributed by atoms with van der Waals surface area (Å²) in [7, 11) is -2.33. The van der Waals surface area contributed by atoms with Gasteiger partial charge in [0.15, 0.2) is 0 Å². The summed E-state index contributed by atoms with van der Waals surface area (Å²) < 4.78 is 17.0. The molecule has 0 fully saturated rings. The largest absolute Gasteiger partial charge is 0.491 e. The van der Waals surface area contributed by atoms with Gasteiger partial charge in [0.05, 0.1) is 0 Å². The zero-order valence-electron chi connectivity index (χ0n) is 4.87.